The minimum absolute atomic E-state index is 0.310. The van der Waals surface area contributed by atoms with E-state index >= 15 is 0 Å². The van der Waals surface area contributed by atoms with Crippen molar-refractivity contribution in [1.29, 1.82) is 0 Å². The van der Waals surface area contributed by atoms with Crippen molar-refractivity contribution in [2.45, 2.75) is 51.7 Å². The van der Waals surface area contributed by atoms with Gasteiger partial charge in [-0.2, -0.15) is 0 Å². The number of hydrogen-bond acceptors (Lipinski definition) is 3. The summed E-state index contributed by atoms with van der Waals surface area (Å²) < 4.78 is 5.89. The van der Waals surface area contributed by atoms with Crippen molar-refractivity contribution in [2.24, 2.45) is 5.92 Å². The molecule has 0 bridgehead atoms. The number of ether oxygens (including phenoxy) is 1. The van der Waals surface area contributed by atoms with Crippen molar-refractivity contribution in [3.8, 4) is 0 Å². The van der Waals surface area contributed by atoms with E-state index in [1.807, 2.05) is 11.4 Å². The number of thiophene rings is 1. The molecule has 18 heavy (non-hydrogen) atoms. The van der Waals surface area contributed by atoms with Crippen LogP contribution in [0.5, 0.6) is 0 Å². The summed E-state index contributed by atoms with van der Waals surface area (Å²) in [6, 6.07) is 1.86. The quantitative estimate of drug-likeness (QED) is 0.880. The lowest BCUT2D eigenvalue weighted by atomic mass is 9.85. The van der Waals surface area contributed by atoms with E-state index in [4.69, 9.17) is 9.84 Å². The van der Waals surface area contributed by atoms with Crippen molar-refractivity contribution in [3.63, 3.8) is 0 Å². The molecule has 1 aliphatic carbocycles. The van der Waals surface area contributed by atoms with Crippen molar-refractivity contribution in [2.75, 3.05) is 0 Å². The first-order valence-corrected chi connectivity index (χ1v) is 7.50. The first-order valence-electron chi connectivity index (χ1n) is 6.62. The van der Waals surface area contributed by atoms with Crippen LogP contribution in [0.2, 0.25) is 0 Å². The van der Waals surface area contributed by atoms with Gasteiger partial charge in [-0.25, -0.2) is 4.79 Å². The highest BCUT2D eigenvalue weighted by molar-refractivity contribution is 7.12. The van der Waals surface area contributed by atoms with E-state index in [0.717, 1.165) is 24.3 Å². The fourth-order valence-electron chi connectivity index (χ4n) is 2.61. The zero-order valence-corrected chi connectivity index (χ0v) is 11.5. The summed E-state index contributed by atoms with van der Waals surface area (Å²) in [6.45, 7) is 2.67. The van der Waals surface area contributed by atoms with Gasteiger partial charge in [-0.1, -0.05) is 26.2 Å². The minimum atomic E-state index is -0.848. The van der Waals surface area contributed by atoms with Crippen LogP contribution >= 0.6 is 11.3 Å². The van der Waals surface area contributed by atoms with Crippen LogP contribution in [0.25, 0.3) is 0 Å². The summed E-state index contributed by atoms with van der Waals surface area (Å²) in [7, 11) is 0. The molecule has 2 atom stereocenters. The first-order chi connectivity index (χ1) is 8.70. The average Bonchev–Trinajstić information content (AvgIpc) is 2.85. The summed E-state index contributed by atoms with van der Waals surface area (Å²) in [6.07, 6.45) is 6.32. The molecule has 0 amide bonds. The maximum Gasteiger partial charge on any atom is 0.346 e. The molecule has 1 saturated carbocycles. The van der Waals surface area contributed by atoms with Gasteiger partial charge in [0.2, 0.25) is 0 Å². The minimum Gasteiger partial charge on any atom is -0.477 e. The summed E-state index contributed by atoms with van der Waals surface area (Å²) in [5.41, 5.74) is 0.811. The lowest BCUT2D eigenvalue weighted by molar-refractivity contribution is 0.00146. The summed E-state index contributed by atoms with van der Waals surface area (Å²) in [5, 5.41) is 10.8. The molecule has 0 radical (unpaired) electrons. The molecule has 1 aromatic rings. The lowest BCUT2D eigenvalue weighted by Gasteiger charge is -2.28. The van der Waals surface area contributed by atoms with Crippen LogP contribution in [0.15, 0.2) is 11.4 Å². The van der Waals surface area contributed by atoms with Gasteiger partial charge in [0.1, 0.15) is 4.88 Å². The molecule has 1 heterocycles. The smallest absolute Gasteiger partial charge is 0.346 e. The highest BCUT2D eigenvalue weighted by Crippen LogP contribution is 2.29. The standard InChI is InChI=1S/C14H20O3S/c1-2-10-4-3-5-12(8-10)17-9-11-6-7-18-13(11)14(15)16/h6-7,10,12H,2-5,8-9H2,1H3,(H,15,16). The van der Waals surface area contributed by atoms with Gasteiger partial charge in [0.15, 0.2) is 0 Å². The van der Waals surface area contributed by atoms with Gasteiger partial charge < -0.3 is 9.84 Å². The second kappa shape index (κ2) is 6.34. The Labute approximate surface area is 112 Å². The lowest BCUT2D eigenvalue weighted by Crippen LogP contribution is -2.22. The van der Waals surface area contributed by atoms with E-state index in [2.05, 4.69) is 6.92 Å². The average molecular weight is 268 g/mol. The van der Waals surface area contributed by atoms with Crippen molar-refractivity contribution < 1.29 is 14.6 Å². The van der Waals surface area contributed by atoms with Crippen molar-refractivity contribution >= 4 is 17.3 Å². The molecule has 0 saturated heterocycles. The van der Waals surface area contributed by atoms with Gasteiger partial charge in [0.25, 0.3) is 0 Å². The predicted molar refractivity (Wildman–Crippen MR) is 72.1 cm³/mol. The fourth-order valence-corrected chi connectivity index (χ4v) is 3.36. The van der Waals surface area contributed by atoms with Gasteiger partial charge in [0, 0.05) is 5.56 Å². The van der Waals surface area contributed by atoms with Crippen LogP contribution in [-0.4, -0.2) is 17.2 Å². The van der Waals surface area contributed by atoms with E-state index in [0.29, 0.717) is 17.6 Å². The molecule has 1 N–H and O–H groups in total. The molecule has 4 heteroatoms. The number of aromatic carboxylic acids is 1. The van der Waals surface area contributed by atoms with E-state index in [1.54, 1.807) is 0 Å². The van der Waals surface area contributed by atoms with Crippen LogP contribution in [0.3, 0.4) is 0 Å². The van der Waals surface area contributed by atoms with Gasteiger partial charge in [0.05, 0.1) is 12.7 Å². The Balaban J connectivity index is 1.87. The molecular weight excluding hydrogens is 248 g/mol. The Morgan fingerprint density at radius 3 is 3.11 bits per heavy atom. The summed E-state index contributed by atoms with van der Waals surface area (Å²) in [4.78, 5) is 11.4. The first kappa shape index (κ1) is 13.6. The second-order valence-electron chi connectivity index (χ2n) is 4.95. The monoisotopic (exact) mass is 268 g/mol. The van der Waals surface area contributed by atoms with E-state index in [-0.39, 0.29) is 0 Å². The molecule has 1 aliphatic rings. The number of carboxylic acids is 1. The Bertz CT molecular complexity index is 399. The Kier molecular flexibility index (Phi) is 4.78. The number of carboxylic acid groups (broad SMARTS) is 1. The van der Waals surface area contributed by atoms with Crippen LogP contribution in [0, 0.1) is 5.92 Å². The van der Waals surface area contributed by atoms with Crippen LogP contribution in [0.1, 0.15) is 54.3 Å². The zero-order valence-electron chi connectivity index (χ0n) is 10.7. The second-order valence-corrected chi connectivity index (χ2v) is 5.87. The van der Waals surface area contributed by atoms with Gasteiger partial charge in [-0.15, -0.1) is 11.3 Å². The van der Waals surface area contributed by atoms with Crippen LogP contribution in [0.4, 0.5) is 0 Å². The third-order valence-electron chi connectivity index (χ3n) is 3.73. The van der Waals surface area contributed by atoms with Gasteiger partial charge in [-0.05, 0) is 30.2 Å². The van der Waals surface area contributed by atoms with Crippen LogP contribution < -0.4 is 0 Å². The Hall–Kier alpha value is -0.870. The molecule has 0 aromatic carbocycles. The molecule has 2 rings (SSSR count). The highest BCUT2D eigenvalue weighted by atomic mass is 32.1. The maximum atomic E-state index is 11.0. The molecule has 1 fully saturated rings. The normalized spacial score (nSPS) is 24.1. The molecule has 100 valence electrons. The number of hydrogen-bond donors (Lipinski definition) is 1. The predicted octanol–water partition coefficient (Wildman–Crippen LogP) is 3.93. The van der Waals surface area contributed by atoms with Gasteiger partial charge >= 0.3 is 5.97 Å². The largest absolute Gasteiger partial charge is 0.477 e. The molecule has 0 aliphatic heterocycles. The van der Waals surface area contributed by atoms with Crippen LogP contribution in [-0.2, 0) is 11.3 Å². The summed E-state index contributed by atoms with van der Waals surface area (Å²) >= 11 is 1.27. The molecule has 0 spiro atoms. The number of carbonyl (C=O) groups is 1. The van der Waals surface area contributed by atoms with Crippen molar-refractivity contribution in [1.82, 2.24) is 0 Å². The Morgan fingerprint density at radius 1 is 1.56 bits per heavy atom. The molecule has 3 nitrogen and oxygen atoms in total. The highest BCUT2D eigenvalue weighted by Gasteiger charge is 2.22. The third-order valence-corrected chi connectivity index (χ3v) is 4.67. The summed E-state index contributed by atoms with van der Waals surface area (Å²) in [5.74, 6) is -0.0659. The topological polar surface area (TPSA) is 46.5 Å². The van der Waals surface area contributed by atoms with E-state index in [1.165, 1.54) is 30.6 Å². The van der Waals surface area contributed by atoms with Crippen molar-refractivity contribution in [3.05, 3.63) is 21.9 Å². The third kappa shape index (κ3) is 3.33. The Morgan fingerprint density at radius 2 is 2.39 bits per heavy atom. The molecule has 1 aromatic heterocycles. The zero-order chi connectivity index (χ0) is 13.0. The molecule has 2 unspecified atom stereocenters. The maximum absolute atomic E-state index is 11.0. The molecular formula is C14H20O3S. The number of rotatable bonds is 5. The van der Waals surface area contributed by atoms with E-state index < -0.39 is 5.97 Å². The van der Waals surface area contributed by atoms with E-state index in [9.17, 15) is 4.79 Å². The fraction of sp³-hybridized carbons (Fsp3) is 0.643. The van der Waals surface area contributed by atoms with Gasteiger partial charge in [-0.3, -0.25) is 0 Å². The SMILES string of the molecule is CCC1CCCC(OCc2ccsc2C(=O)O)C1.